The Bertz CT molecular complexity index is 1810. The van der Waals surface area contributed by atoms with Crippen LogP contribution in [0.5, 0.6) is 0 Å². The number of hydrogen-bond acceptors (Lipinski definition) is 5. The van der Waals surface area contributed by atoms with Crippen LogP contribution in [-0.2, 0) is 0 Å². The number of nitrogens with one attached hydrogen (secondary N) is 1. The smallest absolute Gasteiger partial charge is 0.179 e. The van der Waals surface area contributed by atoms with Crippen molar-refractivity contribution >= 4 is 34.6 Å². The molecule has 0 saturated heterocycles. The number of hydrogen-bond donors (Lipinski definition) is 1. The highest BCUT2D eigenvalue weighted by molar-refractivity contribution is 6.51. The van der Waals surface area contributed by atoms with Gasteiger partial charge in [0, 0.05) is 11.3 Å². The van der Waals surface area contributed by atoms with Gasteiger partial charge in [-0.2, -0.15) is 5.10 Å². The topological polar surface area (TPSA) is 57.8 Å². The quantitative estimate of drug-likeness (QED) is 0.251. The number of benzene rings is 4. The molecule has 6 nitrogen and oxygen atoms in total. The van der Waals surface area contributed by atoms with E-state index in [9.17, 15) is 0 Å². The van der Waals surface area contributed by atoms with Crippen molar-refractivity contribution in [1.82, 2.24) is 9.78 Å². The molecule has 0 aliphatic carbocycles. The van der Waals surface area contributed by atoms with E-state index < -0.39 is 0 Å². The normalized spacial score (nSPS) is 15.5. The van der Waals surface area contributed by atoms with E-state index >= 15 is 0 Å². The minimum atomic E-state index is -0.137. The summed E-state index contributed by atoms with van der Waals surface area (Å²) in [4.78, 5) is 12.8. The van der Waals surface area contributed by atoms with Crippen molar-refractivity contribution in [3.8, 4) is 5.69 Å². The van der Waals surface area contributed by atoms with Gasteiger partial charge in [-0.25, -0.2) is 14.7 Å². The molecule has 0 spiro atoms. The fourth-order valence-corrected chi connectivity index (χ4v) is 5.79. The molecule has 41 heavy (non-hydrogen) atoms. The second-order valence-corrected chi connectivity index (χ2v) is 11.0. The van der Waals surface area contributed by atoms with Gasteiger partial charge in [0.2, 0.25) is 0 Å². The third-order valence-corrected chi connectivity index (χ3v) is 7.84. The molecule has 0 amide bonds. The first-order valence-electron chi connectivity index (χ1n) is 14.1. The summed E-state index contributed by atoms with van der Waals surface area (Å²) in [5, 5.41) is 8.64. The molecule has 4 aromatic carbocycles. The van der Waals surface area contributed by atoms with E-state index in [1.165, 1.54) is 16.7 Å². The van der Waals surface area contributed by atoms with Crippen molar-refractivity contribution in [2.24, 2.45) is 9.98 Å². The first-order chi connectivity index (χ1) is 20.0. The first kappa shape index (κ1) is 25.0. The number of fused-ring (bicyclic) bond motifs is 4. The molecule has 5 aromatic rings. The van der Waals surface area contributed by atoms with Gasteiger partial charge in [0.1, 0.15) is 0 Å². The summed E-state index contributed by atoms with van der Waals surface area (Å²) in [6.07, 6.45) is 0. The molecular formula is C35H32N6. The summed E-state index contributed by atoms with van der Waals surface area (Å²) in [6, 6.07) is 35.8. The van der Waals surface area contributed by atoms with Crippen LogP contribution in [0.4, 0.5) is 22.9 Å². The van der Waals surface area contributed by atoms with Gasteiger partial charge in [0.15, 0.2) is 17.5 Å². The van der Waals surface area contributed by atoms with E-state index in [0.29, 0.717) is 11.8 Å². The number of aromatic nitrogens is 2. The van der Waals surface area contributed by atoms with Crippen LogP contribution in [0.15, 0.2) is 113 Å². The monoisotopic (exact) mass is 536 g/mol. The summed E-state index contributed by atoms with van der Waals surface area (Å²) in [5.74, 6) is 2.77. The number of para-hydroxylation sites is 3. The maximum Gasteiger partial charge on any atom is 0.179 e. The Morgan fingerprint density at radius 1 is 0.780 bits per heavy atom. The van der Waals surface area contributed by atoms with Gasteiger partial charge in [-0.3, -0.25) is 0 Å². The van der Waals surface area contributed by atoms with Crippen molar-refractivity contribution in [2.75, 3.05) is 10.2 Å². The highest BCUT2D eigenvalue weighted by Gasteiger charge is 2.41. The van der Waals surface area contributed by atoms with Crippen molar-refractivity contribution in [2.45, 2.75) is 39.7 Å². The first-order valence-corrected chi connectivity index (χ1v) is 14.1. The Morgan fingerprint density at radius 3 is 2.29 bits per heavy atom. The van der Waals surface area contributed by atoms with Crippen molar-refractivity contribution in [3.63, 3.8) is 0 Å². The summed E-state index contributed by atoms with van der Waals surface area (Å²) in [5.41, 5.74) is 9.62. The number of nitrogens with zero attached hydrogens (tertiary/aromatic N) is 5. The van der Waals surface area contributed by atoms with Crippen LogP contribution in [0.1, 0.15) is 53.8 Å². The summed E-state index contributed by atoms with van der Waals surface area (Å²) in [6.45, 7) is 8.64. The van der Waals surface area contributed by atoms with Gasteiger partial charge in [0.25, 0.3) is 0 Å². The number of anilines is 2. The molecule has 2 aliphatic rings. The van der Waals surface area contributed by atoms with Gasteiger partial charge < -0.3 is 10.2 Å². The van der Waals surface area contributed by atoms with E-state index in [4.69, 9.17) is 15.1 Å². The fraction of sp³-hybridized carbons (Fsp3) is 0.171. The SMILES string of the molecule is Cc1cccc(NC2=Nc3ccccc3N3C2=Nc2c(c(C)nn2-c2ccccc2)[C@@H]3c2ccc(C(C)C)cc2)c1. The second-order valence-electron chi connectivity index (χ2n) is 11.0. The lowest BCUT2D eigenvalue weighted by molar-refractivity contribution is 0.810. The average molecular weight is 537 g/mol. The number of rotatable bonds is 4. The summed E-state index contributed by atoms with van der Waals surface area (Å²) < 4.78 is 1.97. The lowest BCUT2D eigenvalue weighted by atomic mass is 9.91. The molecule has 0 bridgehead atoms. The zero-order valence-corrected chi connectivity index (χ0v) is 23.7. The molecule has 1 aromatic heterocycles. The highest BCUT2D eigenvalue weighted by atomic mass is 15.4. The molecule has 0 radical (unpaired) electrons. The van der Waals surface area contributed by atoms with E-state index in [1.54, 1.807) is 0 Å². The van der Waals surface area contributed by atoms with Crippen LogP contribution in [-0.4, -0.2) is 21.5 Å². The maximum atomic E-state index is 5.33. The van der Waals surface area contributed by atoms with Crippen LogP contribution in [0, 0.1) is 13.8 Å². The van der Waals surface area contributed by atoms with E-state index in [0.717, 1.165) is 45.7 Å². The van der Waals surface area contributed by atoms with Gasteiger partial charge in [0.05, 0.1) is 28.8 Å². The predicted octanol–water partition coefficient (Wildman–Crippen LogP) is 8.41. The summed E-state index contributed by atoms with van der Waals surface area (Å²) >= 11 is 0. The minimum absolute atomic E-state index is 0.137. The van der Waals surface area contributed by atoms with Gasteiger partial charge >= 0.3 is 0 Å². The van der Waals surface area contributed by atoms with Crippen LogP contribution in [0.25, 0.3) is 5.69 Å². The molecule has 1 N–H and O–H groups in total. The predicted molar refractivity (Wildman–Crippen MR) is 169 cm³/mol. The molecule has 202 valence electrons. The van der Waals surface area contributed by atoms with Crippen LogP contribution in [0.2, 0.25) is 0 Å². The molecule has 0 fully saturated rings. The van der Waals surface area contributed by atoms with E-state index in [-0.39, 0.29) is 6.04 Å². The number of aliphatic imine (C=N–C) groups is 2. The zero-order chi connectivity index (χ0) is 28.1. The molecule has 0 unspecified atom stereocenters. The third-order valence-electron chi connectivity index (χ3n) is 7.84. The van der Waals surface area contributed by atoms with Crippen molar-refractivity contribution < 1.29 is 0 Å². The van der Waals surface area contributed by atoms with Crippen molar-refractivity contribution in [3.05, 3.63) is 131 Å². The molecule has 7 rings (SSSR count). The number of amidine groups is 2. The molecule has 0 saturated carbocycles. The Balaban J connectivity index is 1.48. The molecule has 1 atom stereocenters. The largest absolute Gasteiger partial charge is 0.337 e. The second kappa shape index (κ2) is 9.89. The van der Waals surface area contributed by atoms with Crippen LogP contribution < -0.4 is 10.2 Å². The van der Waals surface area contributed by atoms with Crippen LogP contribution >= 0.6 is 0 Å². The standard InChI is InChI=1S/C35H32N6/c1-22(2)25-17-19-26(20-18-25)32-31-24(4)39-41(28-13-6-5-7-14-28)34(31)38-35-33(36-27-12-10-11-23(3)21-27)37-29-15-8-9-16-30(29)40(32)35/h5-22,32H,1-4H3,(H,36,37)/t32-/m0/s1. The molecular weight excluding hydrogens is 504 g/mol. The zero-order valence-electron chi connectivity index (χ0n) is 23.7. The summed E-state index contributed by atoms with van der Waals surface area (Å²) in [7, 11) is 0. The van der Waals surface area contributed by atoms with E-state index in [1.807, 2.05) is 28.9 Å². The Labute approximate surface area is 240 Å². The molecule has 3 heterocycles. The van der Waals surface area contributed by atoms with Gasteiger partial charge in [-0.1, -0.05) is 80.6 Å². The van der Waals surface area contributed by atoms with Crippen LogP contribution in [0.3, 0.4) is 0 Å². The average Bonchev–Trinajstić information content (AvgIpc) is 3.32. The van der Waals surface area contributed by atoms with E-state index in [2.05, 4.69) is 117 Å². The van der Waals surface area contributed by atoms with Gasteiger partial charge in [-0.15, -0.1) is 0 Å². The molecule has 6 heteroatoms. The lowest BCUT2D eigenvalue weighted by Gasteiger charge is -2.40. The molecule has 2 aliphatic heterocycles. The number of aryl methyl sites for hydroxylation is 2. The highest BCUT2D eigenvalue weighted by Crippen LogP contribution is 2.48. The Hall–Kier alpha value is -4.97. The Kier molecular flexibility index (Phi) is 6.04. The fourth-order valence-electron chi connectivity index (χ4n) is 5.79. The maximum absolute atomic E-state index is 5.33. The third kappa shape index (κ3) is 4.32. The van der Waals surface area contributed by atoms with Crippen molar-refractivity contribution in [1.29, 1.82) is 0 Å². The lowest BCUT2D eigenvalue weighted by Crippen LogP contribution is -2.46. The minimum Gasteiger partial charge on any atom is -0.337 e. The Morgan fingerprint density at radius 2 is 1.54 bits per heavy atom. The van der Waals surface area contributed by atoms with Gasteiger partial charge in [-0.05, 0) is 72.9 Å².